The van der Waals surface area contributed by atoms with Gasteiger partial charge in [-0.15, -0.1) is 0 Å². The van der Waals surface area contributed by atoms with Crippen LogP contribution in [-0.2, 0) is 23.9 Å². The van der Waals surface area contributed by atoms with E-state index in [1.807, 2.05) is 0 Å². The second-order valence-electron chi connectivity index (χ2n) is 4.00. The summed E-state index contributed by atoms with van der Waals surface area (Å²) < 4.78 is 26.8. The fourth-order valence-corrected chi connectivity index (χ4v) is 3.22. The summed E-state index contributed by atoms with van der Waals surface area (Å²) in [5, 5.41) is 3.81. The van der Waals surface area contributed by atoms with Crippen LogP contribution in [0.2, 0.25) is 5.02 Å². The molecule has 7 nitrogen and oxygen atoms in total. The molecule has 0 spiro atoms. The van der Waals surface area contributed by atoms with Crippen molar-refractivity contribution in [1.82, 2.24) is 19.3 Å². The highest BCUT2D eigenvalue weighted by atomic mass is 35.5. The molecule has 0 saturated carbocycles. The minimum atomic E-state index is -3.81. The van der Waals surface area contributed by atoms with Gasteiger partial charge in [0, 0.05) is 32.7 Å². The third-order valence-electron chi connectivity index (χ3n) is 2.42. The number of nitrogens with zero attached hydrogens (tertiary/aromatic N) is 4. The van der Waals surface area contributed by atoms with E-state index in [1.165, 1.54) is 34.9 Å². The number of rotatable bonds is 4. The van der Waals surface area contributed by atoms with Crippen molar-refractivity contribution in [3.8, 4) is 0 Å². The molecular formula is C10H11ClN4O3S. The van der Waals surface area contributed by atoms with Crippen molar-refractivity contribution >= 4 is 27.2 Å². The summed E-state index contributed by atoms with van der Waals surface area (Å²) in [5.74, 6) is -1.37. The molecule has 102 valence electrons. The van der Waals surface area contributed by atoms with Gasteiger partial charge in [0.25, 0.3) is 0 Å². The molecule has 0 bridgehead atoms. The Labute approximate surface area is 114 Å². The van der Waals surface area contributed by atoms with Crippen molar-refractivity contribution in [3.05, 3.63) is 29.3 Å². The zero-order valence-corrected chi connectivity index (χ0v) is 11.8. The van der Waals surface area contributed by atoms with Crippen LogP contribution in [0.4, 0.5) is 0 Å². The first kappa shape index (κ1) is 13.8. The molecule has 0 aliphatic heterocycles. The number of halogens is 1. The van der Waals surface area contributed by atoms with Crippen molar-refractivity contribution in [1.29, 1.82) is 0 Å². The average Bonchev–Trinajstić information content (AvgIpc) is 2.84. The van der Waals surface area contributed by atoms with E-state index < -0.39 is 21.4 Å². The highest BCUT2D eigenvalue weighted by molar-refractivity contribution is 7.92. The predicted octanol–water partition coefficient (Wildman–Crippen LogP) is 0.464. The lowest BCUT2D eigenvalue weighted by Crippen LogP contribution is -2.20. The molecule has 0 aromatic carbocycles. The molecule has 0 atom stereocenters. The molecule has 0 radical (unpaired) electrons. The predicted molar refractivity (Wildman–Crippen MR) is 67.8 cm³/mol. The zero-order chi connectivity index (χ0) is 14.2. The van der Waals surface area contributed by atoms with E-state index in [1.54, 1.807) is 7.05 Å². The van der Waals surface area contributed by atoms with Crippen molar-refractivity contribution in [2.45, 2.75) is 5.16 Å². The van der Waals surface area contributed by atoms with E-state index in [0.29, 0.717) is 0 Å². The molecule has 0 N–H and O–H groups in total. The van der Waals surface area contributed by atoms with Crippen LogP contribution in [0.5, 0.6) is 0 Å². The van der Waals surface area contributed by atoms with Gasteiger partial charge in [-0.3, -0.25) is 9.48 Å². The lowest BCUT2D eigenvalue weighted by molar-refractivity contribution is 0.101. The highest BCUT2D eigenvalue weighted by Gasteiger charge is 2.26. The standard InChI is InChI=1S/C10H11ClN4O3S/c1-14-4-3-12-10(14)19(17,18)6-8(16)9-7(11)5-15(2)13-9/h3-5H,6H2,1-2H3. The van der Waals surface area contributed by atoms with Crippen molar-refractivity contribution in [2.24, 2.45) is 14.1 Å². The molecule has 19 heavy (non-hydrogen) atoms. The van der Waals surface area contributed by atoms with Crippen LogP contribution in [0.25, 0.3) is 0 Å². The number of imidazole rings is 1. The largest absolute Gasteiger partial charge is 0.325 e. The van der Waals surface area contributed by atoms with Crippen molar-refractivity contribution in [3.63, 3.8) is 0 Å². The summed E-state index contributed by atoms with van der Waals surface area (Å²) in [6.45, 7) is 0. The number of ketones is 1. The van der Waals surface area contributed by atoms with E-state index in [4.69, 9.17) is 11.6 Å². The van der Waals surface area contributed by atoms with Gasteiger partial charge in [-0.25, -0.2) is 13.4 Å². The van der Waals surface area contributed by atoms with Gasteiger partial charge in [0.2, 0.25) is 15.0 Å². The summed E-state index contributed by atoms with van der Waals surface area (Å²) in [6, 6.07) is 0. The molecule has 2 heterocycles. The zero-order valence-electron chi connectivity index (χ0n) is 10.2. The van der Waals surface area contributed by atoms with Crippen LogP contribution >= 0.6 is 11.6 Å². The van der Waals surface area contributed by atoms with Gasteiger partial charge in [-0.2, -0.15) is 5.10 Å². The average molecular weight is 303 g/mol. The summed E-state index contributed by atoms with van der Waals surface area (Å²) in [4.78, 5) is 15.7. The van der Waals surface area contributed by atoms with Crippen LogP contribution in [0.15, 0.2) is 23.7 Å². The molecule has 0 unspecified atom stereocenters. The van der Waals surface area contributed by atoms with Crippen molar-refractivity contribution < 1.29 is 13.2 Å². The number of hydrogen-bond acceptors (Lipinski definition) is 5. The van der Waals surface area contributed by atoms with Gasteiger partial charge in [0.15, 0.2) is 5.78 Å². The Morgan fingerprint density at radius 1 is 1.42 bits per heavy atom. The molecule has 0 aliphatic carbocycles. The Hall–Kier alpha value is -1.67. The van der Waals surface area contributed by atoms with Gasteiger partial charge in [-0.1, -0.05) is 11.6 Å². The van der Waals surface area contributed by atoms with E-state index in [9.17, 15) is 13.2 Å². The Bertz CT molecular complexity index is 732. The summed E-state index contributed by atoms with van der Waals surface area (Å²) >= 11 is 5.81. The molecule has 2 aromatic heterocycles. The van der Waals surface area contributed by atoms with Gasteiger partial charge in [-0.05, 0) is 0 Å². The lowest BCUT2D eigenvalue weighted by atomic mass is 10.3. The monoisotopic (exact) mass is 302 g/mol. The number of aryl methyl sites for hydroxylation is 2. The maximum atomic E-state index is 12.0. The van der Waals surface area contributed by atoms with Crippen LogP contribution in [0, 0.1) is 0 Å². The SMILES string of the molecule is Cn1cc(Cl)c(C(=O)CS(=O)(=O)c2nccn2C)n1. The quantitative estimate of drug-likeness (QED) is 0.766. The summed E-state index contributed by atoms with van der Waals surface area (Å²) in [7, 11) is -0.675. The highest BCUT2D eigenvalue weighted by Crippen LogP contribution is 2.16. The van der Waals surface area contributed by atoms with Crippen LogP contribution in [0.1, 0.15) is 10.5 Å². The first-order valence-corrected chi connectivity index (χ1v) is 7.26. The lowest BCUT2D eigenvalue weighted by Gasteiger charge is -2.02. The molecule has 0 fully saturated rings. The smallest absolute Gasteiger partial charge is 0.227 e. The van der Waals surface area contributed by atoms with Gasteiger partial charge < -0.3 is 4.57 Å². The maximum absolute atomic E-state index is 12.0. The Balaban J connectivity index is 2.29. The molecular weight excluding hydrogens is 292 g/mol. The first-order valence-electron chi connectivity index (χ1n) is 5.23. The van der Waals surface area contributed by atoms with Gasteiger partial charge >= 0.3 is 0 Å². The second-order valence-corrected chi connectivity index (χ2v) is 6.29. The fraction of sp³-hybridized carbons (Fsp3) is 0.300. The molecule has 9 heteroatoms. The maximum Gasteiger partial charge on any atom is 0.227 e. The van der Waals surface area contributed by atoms with Crippen LogP contribution < -0.4 is 0 Å². The number of aromatic nitrogens is 4. The van der Waals surface area contributed by atoms with E-state index >= 15 is 0 Å². The van der Waals surface area contributed by atoms with E-state index in [0.717, 1.165) is 0 Å². The summed E-state index contributed by atoms with van der Waals surface area (Å²) in [6.07, 6.45) is 4.28. The minimum Gasteiger partial charge on any atom is -0.325 e. The van der Waals surface area contributed by atoms with Gasteiger partial charge in [0.05, 0.1) is 5.02 Å². The van der Waals surface area contributed by atoms with Gasteiger partial charge in [0.1, 0.15) is 11.4 Å². The normalized spacial score (nSPS) is 11.7. The Kier molecular flexibility index (Phi) is 3.46. The van der Waals surface area contributed by atoms with Crippen LogP contribution in [-0.4, -0.2) is 39.3 Å². The third-order valence-corrected chi connectivity index (χ3v) is 4.29. The molecule has 2 rings (SSSR count). The fourth-order valence-electron chi connectivity index (χ4n) is 1.61. The molecule has 0 saturated heterocycles. The third kappa shape index (κ3) is 2.69. The molecule has 0 aliphatic rings. The minimum absolute atomic E-state index is 0.0537. The van der Waals surface area contributed by atoms with Crippen LogP contribution in [0.3, 0.4) is 0 Å². The van der Waals surface area contributed by atoms with E-state index in [-0.39, 0.29) is 15.9 Å². The number of sulfone groups is 1. The number of carbonyl (C=O) groups is 1. The molecule has 2 aromatic rings. The topological polar surface area (TPSA) is 86.9 Å². The second kappa shape index (κ2) is 4.78. The molecule has 0 amide bonds. The van der Waals surface area contributed by atoms with Crippen molar-refractivity contribution in [2.75, 3.05) is 5.75 Å². The number of hydrogen-bond donors (Lipinski definition) is 0. The number of carbonyl (C=O) groups excluding carboxylic acids is 1. The number of Topliss-reactive ketones (excluding diaryl/α,β-unsaturated/α-hetero) is 1. The van der Waals surface area contributed by atoms with E-state index in [2.05, 4.69) is 10.1 Å². The summed E-state index contributed by atoms with van der Waals surface area (Å²) in [5.41, 5.74) is -0.0537. The Morgan fingerprint density at radius 2 is 2.11 bits per heavy atom. The Morgan fingerprint density at radius 3 is 2.58 bits per heavy atom. The first-order chi connectivity index (χ1) is 8.81.